The summed E-state index contributed by atoms with van der Waals surface area (Å²) in [4.78, 5) is 28.5. The summed E-state index contributed by atoms with van der Waals surface area (Å²) in [6.07, 6.45) is 2.64. The number of thiazole rings is 1. The van der Waals surface area contributed by atoms with Gasteiger partial charge in [0.2, 0.25) is 5.91 Å². The van der Waals surface area contributed by atoms with E-state index in [-0.39, 0.29) is 12.3 Å². The highest BCUT2D eigenvalue weighted by Crippen LogP contribution is 2.32. The zero-order chi connectivity index (χ0) is 18.0. The van der Waals surface area contributed by atoms with Crippen LogP contribution in [-0.2, 0) is 16.0 Å². The fourth-order valence-electron chi connectivity index (χ4n) is 3.17. The second-order valence-corrected chi connectivity index (χ2v) is 7.71. The topological polar surface area (TPSA) is 92.4 Å². The summed E-state index contributed by atoms with van der Waals surface area (Å²) in [5, 5.41) is 14.9. The molecule has 0 spiro atoms. The van der Waals surface area contributed by atoms with Crippen LogP contribution in [0.3, 0.4) is 0 Å². The minimum atomic E-state index is -1.14. The summed E-state index contributed by atoms with van der Waals surface area (Å²) in [6, 6.07) is 3.71. The van der Waals surface area contributed by atoms with Crippen molar-refractivity contribution in [2.24, 2.45) is 5.92 Å². The molecule has 134 valence electrons. The lowest BCUT2D eigenvalue weighted by Gasteiger charge is -2.36. The van der Waals surface area contributed by atoms with Gasteiger partial charge in [0, 0.05) is 5.38 Å². The number of furan rings is 1. The molecule has 2 N–H and O–H groups in total. The Bertz CT molecular complexity index is 772. The number of nitrogens with zero attached hydrogens (tertiary/aromatic N) is 1. The molecule has 1 aliphatic carbocycles. The third kappa shape index (κ3) is 3.92. The minimum Gasteiger partial charge on any atom is -0.480 e. The van der Waals surface area contributed by atoms with Crippen LogP contribution in [0.25, 0.3) is 10.8 Å². The molecule has 25 heavy (non-hydrogen) atoms. The van der Waals surface area contributed by atoms with Gasteiger partial charge in [-0.3, -0.25) is 4.79 Å². The maximum absolute atomic E-state index is 12.4. The number of carbonyl (C=O) groups excluding carboxylic acids is 1. The zero-order valence-corrected chi connectivity index (χ0v) is 15.2. The van der Waals surface area contributed by atoms with Crippen LogP contribution in [0.15, 0.2) is 21.9 Å². The summed E-state index contributed by atoms with van der Waals surface area (Å²) in [6.45, 7) is 3.97. The minimum absolute atomic E-state index is 0.0702. The molecule has 0 bridgehead atoms. The second kappa shape index (κ2) is 7.00. The first-order valence-electron chi connectivity index (χ1n) is 8.43. The number of carboxylic acids is 1. The molecule has 1 saturated carbocycles. The van der Waals surface area contributed by atoms with Gasteiger partial charge in [-0.1, -0.05) is 6.92 Å². The standard InChI is InChI=1S/C18H22N2O4S/c1-11-5-7-18(8-6-11,17(22)23)20-15(21)9-13-10-25-16(19-13)14-4-3-12(2)24-14/h3-4,10-11H,5-9H2,1-2H3,(H,20,21)(H,22,23). The van der Waals surface area contributed by atoms with Gasteiger partial charge < -0.3 is 14.8 Å². The van der Waals surface area contributed by atoms with E-state index in [0.29, 0.717) is 30.2 Å². The third-order valence-electron chi connectivity index (χ3n) is 4.76. The smallest absolute Gasteiger partial charge is 0.329 e. The number of aliphatic carboxylic acids is 1. The molecular weight excluding hydrogens is 340 g/mol. The van der Waals surface area contributed by atoms with E-state index in [2.05, 4.69) is 17.2 Å². The Hall–Kier alpha value is -2.15. The Balaban J connectivity index is 1.66. The van der Waals surface area contributed by atoms with Crippen molar-refractivity contribution in [2.45, 2.75) is 51.5 Å². The van der Waals surface area contributed by atoms with Gasteiger partial charge in [0.15, 0.2) is 10.8 Å². The molecule has 0 atom stereocenters. The highest BCUT2D eigenvalue weighted by molar-refractivity contribution is 7.13. The van der Waals surface area contributed by atoms with Crippen LogP contribution in [0, 0.1) is 12.8 Å². The molecule has 0 aliphatic heterocycles. The summed E-state index contributed by atoms with van der Waals surface area (Å²) in [5.74, 6) is 0.737. The number of aromatic nitrogens is 1. The van der Waals surface area contributed by atoms with E-state index in [1.807, 2.05) is 24.4 Å². The lowest BCUT2D eigenvalue weighted by molar-refractivity contribution is -0.149. The Morgan fingerprint density at radius 1 is 1.40 bits per heavy atom. The lowest BCUT2D eigenvalue weighted by atomic mass is 9.77. The summed E-state index contributed by atoms with van der Waals surface area (Å²) >= 11 is 1.41. The predicted octanol–water partition coefficient (Wildman–Crippen LogP) is 3.40. The van der Waals surface area contributed by atoms with Crippen LogP contribution in [0.1, 0.15) is 44.1 Å². The number of nitrogens with one attached hydrogen (secondary N) is 1. The summed E-state index contributed by atoms with van der Waals surface area (Å²) in [7, 11) is 0. The molecule has 0 saturated heterocycles. The molecule has 3 rings (SSSR count). The number of rotatable bonds is 5. The molecule has 2 aromatic rings. The van der Waals surface area contributed by atoms with Crippen LogP contribution in [0.2, 0.25) is 0 Å². The molecule has 6 nitrogen and oxygen atoms in total. The van der Waals surface area contributed by atoms with E-state index in [1.54, 1.807) is 0 Å². The van der Waals surface area contributed by atoms with Gasteiger partial charge in [-0.05, 0) is 50.7 Å². The van der Waals surface area contributed by atoms with Crippen molar-refractivity contribution >= 4 is 23.2 Å². The quantitative estimate of drug-likeness (QED) is 0.850. The van der Waals surface area contributed by atoms with E-state index in [0.717, 1.165) is 23.6 Å². The van der Waals surface area contributed by atoms with Crippen molar-refractivity contribution in [3.8, 4) is 10.8 Å². The molecule has 2 aromatic heterocycles. The van der Waals surface area contributed by atoms with Crippen molar-refractivity contribution in [3.05, 3.63) is 29.0 Å². The molecule has 0 unspecified atom stereocenters. The maximum Gasteiger partial charge on any atom is 0.329 e. The van der Waals surface area contributed by atoms with Gasteiger partial charge in [-0.15, -0.1) is 11.3 Å². The van der Waals surface area contributed by atoms with Crippen LogP contribution >= 0.6 is 11.3 Å². The van der Waals surface area contributed by atoms with Gasteiger partial charge in [0.05, 0.1) is 12.1 Å². The first-order valence-corrected chi connectivity index (χ1v) is 9.31. The maximum atomic E-state index is 12.4. The zero-order valence-electron chi connectivity index (χ0n) is 14.4. The first kappa shape index (κ1) is 17.7. The van der Waals surface area contributed by atoms with E-state index >= 15 is 0 Å². The molecule has 7 heteroatoms. The van der Waals surface area contributed by atoms with Crippen LogP contribution in [-0.4, -0.2) is 27.5 Å². The highest BCUT2D eigenvalue weighted by Gasteiger charge is 2.42. The lowest BCUT2D eigenvalue weighted by Crippen LogP contribution is -2.56. The highest BCUT2D eigenvalue weighted by atomic mass is 32.1. The van der Waals surface area contributed by atoms with Crippen molar-refractivity contribution in [3.63, 3.8) is 0 Å². The Morgan fingerprint density at radius 2 is 2.12 bits per heavy atom. The van der Waals surface area contributed by atoms with E-state index in [4.69, 9.17) is 4.42 Å². The van der Waals surface area contributed by atoms with E-state index in [9.17, 15) is 14.7 Å². The number of aryl methyl sites for hydroxylation is 1. The van der Waals surface area contributed by atoms with Gasteiger partial charge in [-0.25, -0.2) is 9.78 Å². The molecule has 0 aromatic carbocycles. The van der Waals surface area contributed by atoms with Gasteiger partial charge in [-0.2, -0.15) is 0 Å². The molecule has 1 aliphatic rings. The van der Waals surface area contributed by atoms with Gasteiger partial charge in [0.25, 0.3) is 0 Å². The SMILES string of the molecule is Cc1ccc(-c2nc(CC(=O)NC3(C(=O)O)CCC(C)CC3)cs2)o1. The molecule has 0 radical (unpaired) electrons. The first-order chi connectivity index (χ1) is 11.9. The Labute approximate surface area is 150 Å². The van der Waals surface area contributed by atoms with E-state index < -0.39 is 11.5 Å². The molecule has 2 heterocycles. The third-order valence-corrected chi connectivity index (χ3v) is 5.67. The Morgan fingerprint density at radius 3 is 2.72 bits per heavy atom. The van der Waals surface area contributed by atoms with Gasteiger partial charge in [0.1, 0.15) is 11.3 Å². The van der Waals surface area contributed by atoms with Crippen molar-refractivity contribution in [1.29, 1.82) is 0 Å². The number of amides is 1. The number of carbonyl (C=O) groups is 2. The largest absolute Gasteiger partial charge is 0.480 e. The summed E-state index contributed by atoms with van der Waals surface area (Å²) in [5.41, 5.74) is -0.517. The van der Waals surface area contributed by atoms with Crippen LogP contribution in [0.4, 0.5) is 0 Å². The average molecular weight is 362 g/mol. The fraction of sp³-hybridized carbons (Fsp3) is 0.500. The second-order valence-electron chi connectivity index (χ2n) is 6.85. The molecule has 1 fully saturated rings. The molecule has 1 amide bonds. The monoisotopic (exact) mass is 362 g/mol. The van der Waals surface area contributed by atoms with Gasteiger partial charge >= 0.3 is 5.97 Å². The number of hydrogen-bond donors (Lipinski definition) is 2. The van der Waals surface area contributed by atoms with Crippen molar-refractivity contribution in [1.82, 2.24) is 10.3 Å². The van der Waals surface area contributed by atoms with Crippen molar-refractivity contribution in [2.75, 3.05) is 0 Å². The van der Waals surface area contributed by atoms with E-state index in [1.165, 1.54) is 11.3 Å². The number of hydrogen-bond acceptors (Lipinski definition) is 5. The Kier molecular flexibility index (Phi) is 4.94. The fourth-order valence-corrected chi connectivity index (χ4v) is 3.95. The number of carboxylic acid groups (broad SMARTS) is 1. The van der Waals surface area contributed by atoms with Crippen LogP contribution < -0.4 is 5.32 Å². The molecular formula is C18H22N2O4S. The predicted molar refractivity (Wildman–Crippen MR) is 94.4 cm³/mol. The normalized spacial score (nSPS) is 23.4. The average Bonchev–Trinajstić information content (AvgIpc) is 3.18. The van der Waals surface area contributed by atoms with Crippen LogP contribution in [0.5, 0.6) is 0 Å². The van der Waals surface area contributed by atoms with Crippen molar-refractivity contribution < 1.29 is 19.1 Å². The summed E-state index contributed by atoms with van der Waals surface area (Å²) < 4.78 is 5.54.